The fraction of sp³-hybridized carbons (Fsp3) is 0.231. The lowest BCUT2D eigenvalue weighted by molar-refractivity contribution is 0.111. The van der Waals surface area contributed by atoms with Crippen molar-refractivity contribution in [3.63, 3.8) is 0 Å². The first kappa shape index (κ1) is 10.2. The first-order valence-electron chi connectivity index (χ1n) is 5.63. The molecule has 0 unspecified atom stereocenters. The SMILES string of the molecule is Cc1ccc(-n2nc(C=O)c3c2CNC3)cc1. The van der Waals surface area contributed by atoms with Crippen molar-refractivity contribution in [2.45, 2.75) is 20.0 Å². The molecule has 1 N–H and O–H groups in total. The Kier molecular flexibility index (Phi) is 2.30. The molecule has 0 radical (unpaired) electrons. The predicted molar refractivity (Wildman–Crippen MR) is 64.2 cm³/mol. The predicted octanol–water partition coefficient (Wildman–Crippen LogP) is 1.60. The third kappa shape index (κ3) is 1.57. The van der Waals surface area contributed by atoms with Crippen LogP contribution in [0.2, 0.25) is 0 Å². The molecule has 17 heavy (non-hydrogen) atoms. The molecule has 4 heteroatoms. The van der Waals surface area contributed by atoms with E-state index in [-0.39, 0.29) is 0 Å². The van der Waals surface area contributed by atoms with Crippen LogP contribution in [0.25, 0.3) is 5.69 Å². The van der Waals surface area contributed by atoms with E-state index in [0.29, 0.717) is 5.69 Å². The molecule has 1 aromatic heterocycles. The number of aryl methyl sites for hydroxylation is 1. The quantitative estimate of drug-likeness (QED) is 0.793. The van der Waals surface area contributed by atoms with E-state index >= 15 is 0 Å². The van der Waals surface area contributed by atoms with Gasteiger partial charge < -0.3 is 5.32 Å². The third-order valence-corrected chi connectivity index (χ3v) is 3.11. The number of fused-ring (bicyclic) bond motifs is 1. The topological polar surface area (TPSA) is 46.9 Å². The Bertz CT molecular complexity index is 569. The summed E-state index contributed by atoms with van der Waals surface area (Å²) < 4.78 is 1.86. The van der Waals surface area contributed by atoms with Gasteiger partial charge in [-0.2, -0.15) is 5.10 Å². The molecule has 0 saturated carbocycles. The second-order valence-corrected chi connectivity index (χ2v) is 4.28. The molecule has 0 saturated heterocycles. The van der Waals surface area contributed by atoms with Gasteiger partial charge in [0, 0.05) is 18.7 Å². The van der Waals surface area contributed by atoms with Gasteiger partial charge in [-0.25, -0.2) is 4.68 Å². The Morgan fingerprint density at radius 1 is 1.29 bits per heavy atom. The van der Waals surface area contributed by atoms with Crippen LogP contribution in [0.1, 0.15) is 27.3 Å². The van der Waals surface area contributed by atoms with E-state index in [4.69, 9.17) is 0 Å². The van der Waals surface area contributed by atoms with Gasteiger partial charge in [-0.15, -0.1) is 0 Å². The first-order chi connectivity index (χ1) is 8.29. The van der Waals surface area contributed by atoms with E-state index in [1.807, 2.05) is 28.9 Å². The molecule has 0 bridgehead atoms. The van der Waals surface area contributed by atoms with Gasteiger partial charge in [-0.05, 0) is 19.1 Å². The highest BCUT2D eigenvalue weighted by Gasteiger charge is 2.22. The number of benzene rings is 1. The van der Waals surface area contributed by atoms with Gasteiger partial charge in [0.2, 0.25) is 0 Å². The average Bonchev–Trinajstić information content (AvgIpc) is 2.91. The largest absolute Gasteiger partial charge is 0.307 e. The highest BCUT2D eigenvalue weighted by Crippen LogP contribution is 2.22. The Morgan fingerprint density at radius 3 is 2.76 bits per heavy atom. The number of nitrogens with zero attached hydrogens (tertiary/aromatic N) is 2. The monoisotopic (exact) mass is 227 g/mol. The molecule has 1 aliphatic heterocycles. The number of nitrogens with one attached hydrogen (secondary N) is 1. The molecule has 86 valence electrons. The molecule has 3 rings (SSSR count). The minimum absolute atomic E-state index is 0.547. The Labute approximate surface area is 99.3 Å². The van der Waals surface area contributed by atoms with Crippen LogP contribution < -0.4 is 5.32 Å². The summed E-state index contributed by atoms with van der Waals surface area (Å²) in [6.07, 6.45) is 0.830. The minimum atomic E-state index is 0.547. The third-order valence-electron chi connectivity index (χ3n) is 3.11. The zero-order valence-corrected chi connectivity index (χ0v) is 9.60. The van der Waals surface area contributed by atoms with E-state index in [2.05, 4.69) is 17.3 Å². The molecule has 1 aromatic carbocycles. The molecule has 0 fully saturated rings. The molecule has 2 aromatic rings. The second kappa shape index (κ2) is 3.82. The maximum Gasteiger partial charge on any atom is 0.170 e. The van der Waals surface area contributed by atoms with E-state index in [0.717, 1.165) is 36.3 Å². The second-order valence-electron chi connectivity index (χ2n) is 4.28. The Balaban J connectivity index is 2.15. The number of rotatable bonds is 2. The van der Waals surface area contributed by atoms with Crippen molar-refractivity contribution >= 4 is 6.29 Å². The first-order valence-corrected chi connectivity index (χ1v) is 5.63. The number of carbonyl (C=O) groups excluding carboxylic acids is 1. The van der Waals surface area contributed by atoms with Crippen molar-refractivity contribution < 1.29 is 4.79 Å². The van der Waals surface area contributed by atoms with E-state index < -0.39 is 0 Å². The van der Waals surface area contributed by atoms with Gasteiger partial charge in [0.15, 0.2) is 6.29 Å². The highest BCUT2D eigenvalue weighted by molar-refractivity contribution is 5.75. The summed E-state index contributed by atoms with van der Waals surface area (Å²) in [7, 11) is 0. The fourth-order valence-electron chi connectivity index (χ4n) is 2.18. The van der Waals surface area contributed by atoms with E-state index in [9.17, 15) is 4.79 Å². The van der Waals surface area contributed by atoms with Crippen LogP contribution >= 0.6 is 0 Å². The zero-order valence-electron chi connectivity index (χ0n) is 9.60. The number of aldehydes is 1. The molecule has 2 heterocycles. The van der Waals surface area contributed by atoms with Crippen molar-refractivity contribution in [3.8, 4) is 5.69 Å². The average molecular weight is 227 g/mol. The van der Waals surface area contributed by atoms with E-state index in [1.54, 1.807) is 0 Å². The van der Waals surface area contributed by atoms with Crippen LogP contribution in [0.4, 0.5) is 0 Å². The smallest absolute Gasteiger partial charge is 0.170 e. The number of carbonyl (C=O) groups is 1. The lowest BCUT2D eigenvalue weighted by atomic mass is 10.2. The summed E-state index contributed by atoms with van der Waals surface area (Å²) in [5, 5.41) is 7.60. The maximum atomic E-state index is 11.0. The van der Waals surface area contributed by atoms with Crippen LogP contribution in [0.5, 0.6) is 0 Å². The molecular weight excluding hydrogens is 214 g/mol. The number of aromatic nitrogens is 2. The van der Waals surface area contributed by atoms with Crippen LogP contribution in [0.3, 0.4) is 0 Å². The Hall–Kier alpha value is -1.94. The van der Waals surface area contributed by atoms with Gasteiger partial charge in [-0.1, -0.05) is 17.7 Å². The summed E-state index contributed by atoms with van der Waals surface area (Å²) >= 11 is 0. The molecule has 0 atom stereocenters. The summed E-state index contributed by atoms with van der Waals surface area (Å²) in [6, 6.07) is 8.14. The van der Waals surface area contributed by atoms with Gasteiger partial charge in [-0.3, -0.25) is 4.79 Å². The van der Waals surface area contributed by atoms with Gasteiger partial charge in [0.05, 0.1) is 11.4 Å². The fourth-order valence-corrected chi connectivity index (χ4v) is 2.18. The Morgan fingerprint density at radius 2 is 2.06 bits per heavy atom. The van der Waals surface area contributed by atoms with Gasteiger partial charge >= 0.3 is 0 Å². The van der Waals surface area contributed by atoms with Gasteiger partial charge in [0.25, 0.3) is 0 Å². The molecule has 1 aliphatic rings. The highest BCUT2D eigenvalue weighted by atomic mass is 16.1. The van der Waals surface area contributed by atoms with Crippen molar-refractivity contribution in [3.05, 3.63) is 46.8 Å². The summed E-state index contributed by atoms with van der Waals surface area (Å²) in [5.41, 5.74) is 4.89. The van der Waals surface area contributed by atoms with Crippen molar-refractivity contribution in [2.75, 3.05) is 0 Å². The molecule has 0 spiro atoms. The van der Waals surface area contributed by atoms with Crippen LogP contribution in [0, 0.1) is 6.92 Å². The van der Waals surface area contributed by atoms with Crippen molar-refractivity contribution in [1.82, 2.24) is 15.1 Å². The van der Waals surface area contributed by atoms with Crippen LogP contribution in [0.15, 0.2) is 24.3 Å². The van der Waals surface area contributed by atoms with Gasteiger partial charge in [0.1, 0.15) is 5.69 Å². The summed E-state index contributed by atoms with van der Waals surface area (Å²) in [4.78, 5) is 11.0. The van der Waals surface area contributed by atoms with E-state index in [1.165, 1.54) is 5.56 Å². The lowest BCUT2D eigenvalue weighted by Crippen LogP contribution is -2.08. The maximum absolute atomic E-state index is 11.0. The number of hydrogen-bond acceptors (Lipinski definition) is 3. The minimum Gasteiger partial charge on any atom is -0.307 e. The van der Waals surface area contributed by atoms with Crippen LogP contribution in [-0.2, 0) is 13.1 Å². The summed E-state index contributed by atoms with van der Waals surface area (Å²) in [6.45, 7) is 3.55. The molecular formula is C13H13N3O. The molecule has 0 amide bonds. The van der Waals surface area contributed by atoms with Crippen LogP contribution in [-0.4, -0.2) is 16.1 Å². The lowest BCUT2D eigenvalue weighted by Gasteiger charge is -2.05. The normalized spacial score (nSPS) is 13.7. The zero-order chi connectivity index (χ0) is 11.8. The number of hydrogen-bond donors (Lipinski definition) is 1. The standard InChI is InChI=1S/C13H13N3O/c1-9-2-4-10(5-3-9)16-13-7-14-6-11(13)12(8-17)15-16/h2-5,8,14H,6-7H2,1H3. The van der Waals surface area contributed by atoms with Crippen molar-refractivity contribution in [2.24, 2.45) is 0 Å². The molecule has 4 nitrogen and oxygen atoms in total. The summed E-state index contributed by atoms with van der Waals surface area (Å²) in [5.74, 6) is 0. The van der Waals surface area contributed by atoms with Crippen molar-refractivity contribution in [1.29, 1.82) is 0 Å². The molecule has 0 aliphatic carbocycles.